The number of ether oxygens (including phenoxy) is 1. The van der Waals surface area contributed by atoms with Crippen molar-refractivity contribution in [2.24, 2.45) is 0 Å². The SMILES string of the molecule is CSc1ncc2c(C#C[Si](C(C)C)(C(C)C)C(C)C)cc(OCc3ccccc3)nc2n1. The minimum atomic E-state index is -1.87. The van der Waals surface area contributed by atoms with E-state index in [4.69, 9.17) is 4.74 Å². The van der Waals surface area contributed by atoms with E-state index in [0.29, 0.717) is 39.9 Å². The van der Waals surface area contributed by atoms with Crippen LogP contribution in [-0.4, -0.2) is 29.3 Å². The van der Waals surface area contributed by atoms with Gasteiger partial charge in [0.1, 0.15) is 14.7 Å². The number of aromatic nitrogens is 3. The van der Waals surface area contributed by atoms with E-state index in [1.807, 2.05) is 48.9 Å². The van der Waals surface area contributed by atoms with Crippen molar-refractivity contribution in [1.82, 2.24) is 15.0 Å². The second kappa shape index (κ2) is 10.5. The third-order valence-electron chi connectivity index (χ3n) is 6.21. The summed E-state index contributed by atoms with van der Waals surface area (Å²) in [6, 6.07) is 12.1. The standard InChI is InChI=1S/C26H33N3OSSi/c1-18(2)32(19(3)4,20(5)6)14-13-22-15-24(30-17-21-11-9-8-10-12-21)28-25-23(22)16-27-26(29-25)31-7/h8-12,15-16,18-20H,17H2,1-7H3. The molecule has 0 spiro atoms. The van der Waals surface area contributed by atoms with E-state index in [1.165, 1.54) is 11.8 Å². The van der Waals surface area contributed by atoms with E-state index in [-0.39, 0.29) is 0 Å². The summed E-state index contributed by atoms with van der Waals surface area (Å²) in [6.45, 7) is 14.4. The predicted octanol–water partition coefficient (Wildman–Crippen LogP) is 6.90. The van der Waals surface area contributed by atoms with Crippen molar-refractivity contribution in [2.45, 2.75) is 69.9 Å². The molecule has 32 heavy (non-hydrogen) atoms. The Kier molecular flexibility index (Phi) is 7.97. The maximum Gasteiger partial charge on any atom is 0.216 e. The highest BCUT2D eigenvalue weighted by Crippen LogP contribution is 2.41. The Balaban J connectivity index is 2.09. The Morgan fingerprint density at radius 1 is 0.969 bits per heavy atom. The third kappa shape index (κ3) is 5.16. The zero-order chi connectivity index (χ0) is 23.3. The molecule has 0 amide bonds. The molecule has 0 saturated carbocycles. The minimum Gasteiger partial charge on any atom is -0.473 e. The molecule has 0 bridgehead atoms. The van der Waals surface area contributed by atoms with E-state index in [2.05, 4.69) is 68.0 Å². The van der Waals surface area contributed by atoms with Crippen molar-refractivity contribution in [1.29, 1.82) is 0 Å². The highest BCUT2D eigenvalue weighted by atomic mass is 32.2. The average Bonchev–Trinajstić information content (AvgIpc) is 2.77. The lowest BCUT2D eigenvalue weighted by Crippen LogP contribution is -2.43. The Bertz CT molecular complexity index is 1100. The van der Waals surface area contributed by atoms with Gasteiger partial charge in [0.25, 0.3) is 0 Å². The summed E-state index contributed by atoms with van der Waals surface area (Å²) in [4.78, 5) is 13.8. The van der Waals surface area contributed by atoms with Gasteiger partial charge in [-0.2, -0.15) is 4.98 Å². The molecule has 0 aliphatic rings. The molecule has 0 atom stereocenters. The molecular formula is C26H33N3OSSi. The van der Waals surface area contributed by atoms with Gasteiger partial charge in [-0.05, 0) is 28.4 Å². The highest BCUT2D eigenvalue weighted by molar-refractivity contribution is 7.98. The van der Waals surface area contributed by atoms with Crippen LogP contribution in [-0.2, 0) is 6.61 Å². The first kappa shape index (κ1) is 24.3. The Morgan fingerprint density at radius 2 is 1.62 bits per heavy atom. The fourth-order valence-electron chi connectivity index (χ4n) is 4.59. The van der Waals surface area contributed by atoms with Crippen molar-refractivity contribution < 1.29 is 4.74 Å². The van der Waals surface area contributed by atoms with Crippen molar-refractivity contribution in [3.63, 3.8) is 0 Å². The maximum atomic E-state index is 6.05. The molecule has 6 heteroatoms. The molecule has 3 aromatic rings. The Labute approximate surface area is 197 Å². The summed E-state index contributed by atoms with van der Waals surface area (Å²) < 4.78 is 6.05. The van der Waals surface area contributed by atoms with Crippen LogP contribution in [0.1, 0.15) is 52.7 Å². The number of thioether (sulfide) groups is 1. The number of fused-ring (bicyclic) bond motifs is 1. The van der Waals surface area contributed by atoms with E-state index >= 15 is 0 Å². The molecule has 1 aromatic carbocycles. The molecule has 0 radical (unpaired) electrons. The Hall–Kier alpha value is -2.36. The molecule has 168 valence electrons. The smallest absolute Gasteiger partial charge is 0.216 e. The molecule has 0 N–H and O–H groups in total. The lowest BCUT2D eigenvalue weighted by atomic mass is 10.2. The van der Waals surface area contributed by atoms with Gasteiger partial charge in [-0.15, -0.1) is 5.54 Å². The molecule has 0 fully saturated rings. The first-order valence-electron chi connectivity index (χ1n) is 11.2. The third-order valence-corrected chi connectivity index (χ3v) is 13.1. The number of benzene rings is 1. The van der Waals surface area contributed by atoms with E-state index in [1.54, 1.807) is 0 Å². The fraction of sp³-hybridized carbons (Fsp3) is 0.423. The summed E-state index contributed by atoms with van der Waals surface area (Å²) >= 11 is 1.50. The number of hydrogen-bond donors (Lipinski definition) is 0. The van der Waals surface area contributed by atoms with E-state index < -0.39 is 8.07 Å². The van der Waals surface area contributed by atoms with E-state index in [9.17, 15) is 0 Å². The normalized spacial score (nSPS) is 11.8. The first-order chi connectivity index (χ1) is 15.3. The van der Waals surface area contributed by atoms with Crippen molar-refractivity contribution in [3.8, 4) is 17.3 Å². The number of pyridine rings is 1. The monoisotopic (exact) mass is 463 g/mol. The molecule has 0 unspecified atom stereocenters. The lowest BCUT2D eigenvalue weighted by molar-refractivity contribution is 0.295. The lowest BCUT2D eigenvalue weighted by Gasteiger charge is -2.38. The van der Waals surface area contributed by atoms with Crippen LogP contribution in [0.3, 0.4) is 0 Å². The maximum absolute atomic E-state index is 6.05. The molecular weight excluding hydrogens is 430 g/mol. The number of rotatable bonds is 7. The fourth-order valence-corrected chi connectivity index (χ4v) is 10.1. The summed E-state index contributed by atoms with van der Waals surface area (Å²) in [7, 11) is -1.87. The Morgan fingerprint density at radius 3 is 2.22 bits per heavy atom. The van der Waals surface area contributed by atoms with Gasteiger partial charge in [-0.25, -0.2) is 9.97 Å². The molecule has 2 heterocycles. The largest absolute Gasteiger partial charge is 0.473 e. The first-order valence-corrected chi connectivity index (χ1v) is 14.6. The summed E-state index contributed by atoms with van der Waals surface area (Å²) in [6.07, 6.45) is 3.81. The second-order valence-corrected chi connectivity index (χ2v) is 15.4. The van der Waals surface area contributed by atoms with Crippen LogP contribution in [0.25, 0.3) is 11.0 Å². The summed E-state index contributed by atoms with van der Waals surface area (Å²) in [5, 5.41) is 1.57. The van der Waals surface area contributed by atoms with Gasteiger partial charge in [0, 0.05) is 17.8 Å². The average molecular weight is 464 g/mol. The van der Waals surface area contributed by atoms with Crippen LogP contribution in [0.15, 0.2) is 47.8 Å². The van der Waals surface area contributed by atoms with Crippen molar-refractivity contribution in [3.05, 3.63) is 53.7 Å². The van der Waals surface area contributed by atoms with Crippen LogP contribution >= 0.6 is 11.8 Å². The summed E-state index contributed by atoms with van der Waals surface area (Å²) in [5.41, 5.74) is 8.13. The van der Waals surface area contributed by atoms with Crippen LogP contribution in [0.5, 0.6) is 5.88 Å². The molecule has 3 rings (SSSR count). The molecule has 4 nitrogen and oxygen atoms in total. The van der Waals surface area contributed by atoms with Gasteiger partial charge in [-0.3, -0.25) is 0 Å². The predicted molar refractivity (Wildman–Crippen MR) is 138 cm³/mol. The van der Waals surface area contributed by atoms with Crippen LogP contribution < -0.4 is 4.74 Å². The van der Waals surface area contributed by atoms with Gasteiger partial charge < -0.3 is 4.74 Å². The molecule has 0 aliphatic heterocycles. The van der Waals surface area contributed by atoms with Crippen LogP contribution in [0, 0.1) is 11.5 Å². The number of nitrogens with zero attached hydrogens (tertiary/aromatic N) is 3. The minimum absolute atomic E-state index is 0.454. The van der Waals surface area contributed by atoms with E-state index in [0.717, 1.165) is 16.5 Å². The zero-order valence-electron chi connectivity index (χ0n) is 20.1. The quantitative estimate of drug-likeness (QED) is 0.165. The van der Waals surface area contributed by atoms with Gasteiger partial charge in [0.05, 0.1) is 5.39 Å². The number of hydrogen-bond acceptors (Lipinski definition) is 5. The molecule has 2 aromatic heterocycles. The van der Waals surface area contributed by atoms with Crippen LogP contribution in [0.4, 0.5) is 0 Å². The molecule has 0 saturated heterocycles. The highest BCUT2D eigenvalue weighted by Gasteiger charge is 2.41. The van der Waals surface area contributed by atoms with Crippen molar-refractivity contribution in [2.75, 3.05) is 6.26 Å². The van der Waals surface area contributed by atoms with Crippen LogP contribution in [0.2, 0.25) is 16.6 Å². The molecule has 0 aliphatic carbocycles. The zero-order valence-corrected chi connectivity index (χ0v) is 22.0. The second-order valence-electron chi connectivity index (χ2n) is 9.02. The summed E-state index contributed by atoms with van der Waals surface area (Å²) in [5.74, 6) is 4.10. The van der Waals surface area contributed by atoms with Gasteiger partial charge >= 0.3 is 0 Å². The van der Waals surface area contributed by atoms with Gasteiger partial charge in [-0.1, -0.05) is 89.6 Å². The van der Waals surface area contributed by atoms with Gasteiger partial charge in [0.2, 0.25) is 5.88 Å². The van der Waals surface area contributed by atoms with Crippen molar-refractivity contribution >= 4 is 30.9 Å². The topological polar surface area (TPSA) is 47.9 Å². The van der Waals surface area contributed by atoms with Gasteiger partial charge in [0.15, 0.2) is 10.8 Å².